The van der Waals surface area contributed by atoms with E-state index in [2.05, 4.69) is 4.99 Å². The van der Waals surface area contributed by atoms with E-state index in [1.807, 2.05) is 17.5 Å². The Morgan fingerprint density at radius 1 is 1.15 bits per heavy atom. The van der Waals surface area contributed by atoms with Gasteiger partial charge in [-0.05, 0) is 41.3 Å². The Kier molecular flexibility index (Phi) is 6.41. The molecule has 2 aromatic carbocycles. The molecule has 0 saturated carbocycles. The third kappa shape index (κ3) is 4.82. The van der Waals surface area contributed by atoms with Gasteiger partial charge in [-0.1, -0.05) is 46.4 Å². The third-order valence-electron chi connectivity index (χ3n) is 3.73. The first-order chi connectivity index (χ1) is 13.0. The number of rotatable bonds is 7. The summed E-state index contributed by atoms with van der Waals surface area (Å²) >= 11 is 7.93. The van der Waals surface area contributed by atoms with Gasteiger partial charge in [0, 0.05) is 16.1 Å². The van der Waals surface area contributed by atoms with Crippen LogP contribution in [0.1, 0.15) is 10.4 Å². The number of hydrogen-bond donors (Lipinski definition) is 0. The SMILES string of the molecule is CON(Cc1ccc(N=Cc2cccs2)cc1Cl)S(=O)(=O)c1ccccc1. The van der Waals surface area contributed by atoms with Crippen LogP contribution in [0.5, 0.6) is 0 Å². The predicted molar refractivity (Wildman–Crippen MR) is 109 cm³/mol. The van der Waals surface area contributed by atoms with E-state index in [1.165, 1.54) is 19.2 Å². The molecule has 0 N–H and O–H groups in total. The van der Waals surface area contributed by atoms with Gasteiger partial charge in [-0.15, -0.1) is 11.3 Å². The van der Waals surface area contributed by atoms with Crippen LogP contribution in [0.4, 0.5) is 5.69 Å². The highest BCUT2D eigenvalue weighted by Gasteiger charge is 2.25. The van der Waals surface area contributed by atoms with E-state index in [9.17, 15) is 8.42 Å². The van der Waals surface area contributed by atoms with Crippen LogP contribution in [0.15, 0.2) is 75.9 Å². The van der Waals surface area contributed by atoms with Crippen molar-refractivity contribution < 1.29 is 13.3 Å². The molecule has 0 unspecified atom stereocenters. The second-order valence-electron chi connectivity index (χ2n) is 5.51. The lowest BCUT2D eigenvalue weighted by atomic mass is 10.2. The Morgan fingerprint density at radius 3 is 2.56 bits per heavy atom. The Labute approximate surface area is 167 Å². The maximum atomic E-state index is 12.7. The quantitative estimate of drug-likeness (QED) is 0.403. The van der Waals surface area contributed by atoms with E-state index < -0.39 is 10.0 Å². The van der Waals surface area contributed by atoms with Crippen LogP contribution < -0.4 is 0 Å². The van der Waals surface area contributed by atoms with E-state index >= 15 is 0 Å². The van der Waals surface area contributed by atoms with Crippen LogP contribution in [-0.2, 0) is 21.4 Å². The maximum absolute atomic E-state index is 12.7. The van der Waals surface area contributed by atoms with Gasteiger partial charge in [0.15, 0.2) is 0 Å². The van der Waals surface area contributed by atoms with Crippen molar-refractivity contribution in [1.29, 1.82) is 0 Å². The highest BCUT2D eigenvalue weighted by atomic mass is 35.5. The van der Waals surface area contributed by atoms with Crippen molar-refractivity contribution in [2.75, 3.05) is 7.11 Å². The highest BCUT2D eigenvalue weighted by Crippen LogP contribution is 2.26. The molecule has 0 atom stereocenters. The average Bonchev–Trinajstić information content (AvgIpc) is 3.20. The summed E-state index contributed by atoms with van der Waals surface area (Å²) in [5.41, 5.74) is 1.31. The van der Waals surface area contributed by atoms with Crippen LogP contribution in [0.3, 0.4) is 0 Å². The molecular weight excluding hydrogens is 404 g/mol. The van der Waals surface area contributed by atoms with Gasteiger partial charge in [0.2, 0.25) is 0 Å². The minimum Gasteiger partial charge on any atom is -0.287 e. The van der Waals surface area contributed by atoms with E-state index in [4.69, 9.17) is 16.4 Å². The maximum Gasteiger partial charge on any atom is 0.265 e. The first-order valence-electron chi connectivity index (χ1n) is 7.98. The fourth-order valence-corrected chi connectivity index (χ4v) is 4.41. The lowest BCUT2D eigenvalue weighted by Crippen LogP contribution is -2.29. The lowest BCUT2D eigenvalue weighted by Gasteiger charge is -2.20. The van der Waals surface area contributed by atoms with Crippen molar-refractivity contribution in [1.82, 2.24) is 4.47 Å². The molecule has 0 aliphatic carbocycles. The summed E-state index contributed by atoms with van der Waals surface area (Å²) in [6, 6.07) is 17.3. The molecule has 0 bridgehead atoms. The summed E-state index contributed by atoms with van der Waals surface area (Å²) in [6.07, 6.45) is 1.76. The Bertz CT molecular complexity index is 1020. The largest absolute Gasteiger partial charge is 0.287 e. The first-order valence-corrected chi connectivity index (χ1v) is 10.7. The molecule has 0 fully saturated rings. The molecule has 8 heteroatoms. The van der Waals surface area contributed by atoms with E-state index in [0.29, 0.717) is 16.3 Å². The van der Waals surface area contributed by atoms with Gasteiger partial charge in [-0.2, -0.15) is 0 Å². The van der Waals surface area contributed by atoms with Crippen LogP contribution in [0.25, 0.3) is 0 Å². The lowest BCUT2D eigenvalue weighted by molar-refractivity contribution is -0.0556. The van der Waals surface area contributed by atoms with E-state index in [1.54, 1.807) is 53.9 Å². The zero-order chi connectivity index (χ0) is 19.3. The average molecular weight is 421 g/mol. The number of hydrogen-bond acceptors (Lipinski definition) is 5. The van der Waals surface area contributed by atoms with Crippen molar-refractivity contribution >= 4 is 44.9 Å². The molecule has 1 aromatic heterocycles. The van der Waals surface area contributed by atoms with Gasteiger partial charge in [0.25, 0.3) is 10.0 Å². The molecular formula is C19H17ClN2O3S2. The minimum absolute atomic E-state index is 0.0124. The highest BCUT2D eigenvalue weighted by molar-refractivity contribution is 7.89. The Balaban J connectivity index is 1.80. The summed E-state index contributed by atoms with van der Waals surface area (Å²) in [5.74, 6) is 0. The molecule has 5 nitrogen and oxygen atoms in total. The van der Waals surface area contributed by atoms with Crippen molar-refractivity contribution in [2.45, 2.75) is 11.4 Å². The molecule has 0 aliphatic heterocycles. The van der Waals surface area contributed by atoms with Crippen LogP contribution in [0, 0.1) is 0 Å². The van der Waals surface area contributed by atoms with Gasteiger partial charge in [0.1, 0.15) is 0 Å². The van der Waals surface area contributed by atoms with E-state index in [-0.39, 0.29) is 11.4 Å². The predicted octanol–water partition coefficient (Wildman–Crippen LogP) is 4.90. The molecule has 0 radical (unpaired) electrons. The van der Waals surface area contributed by atoms with Crippen LogP contribution in [0.2, 0.25) is 5.02 Å². The topological polar surface area (TPSA) is 59.0 Å². The molecule has 0 aliphatic rings. The normalized spacial score (nSPS) is 12.1. The van der Waals surface area contributed by atoms with Gasteiger partial charge in [0.05, 0.1) is 24.2 Å². The number of benzene rings is 2. The smallest absolute Gasteiger partial charge is 0.265 e. The third-order valence-corrected chi connectivity index (χ3v) is 6.57. The zero-order valence-electron chi connectivity index (χ0n) is 14.4. The minimum atomic E-state index is -3.79. The number of hydroxylamine groups is 1. The molecule has 0 saturated heterocycles. The van der Waals surface area contributed by atoms with Gasteiger partial charge >= 0.3 is 0 Å². The number of nitrogens with zero attached hydrogens (tertiary/aromatic N) is 2. The van der Waals surface area contributed by atoms with Crippen molar-refractivity contribution in [3.63, 3.8) is 0 Å². The van der Waals surface area contributed by atoms with Crippen molar-refractivity contribution in [2.24, 2.45) is 4.99 Å². The van der Waals surface area contributed by atoms with Crippen molar-refractivity contribution in [3.05, 3.63) is 81.5 Å². The molecule has 140 valence electrons. The second-order valence-corrected chi connectivity index (χ2v) is 8.73. The van der Waals surface area contributed by atoms with Gasteiger partial charge in [-0.25, -0.2) is 8.42 Å². The number of halogens is 1. The number of sulfonamides is 1. The number of thiophene rings is 1. The Hall–Kier alpha value is -2.03. The van der Waals surface area contributed by atoms with E-state index in [0.717, 1.165) is 9.35 Å². The van der Waals surface area contributed by atoms with Gasteiger partial charge in [-0.3, -0.25) is 9.83 Å². The standard InChI is InChI=1S/C19H17ClN2O3S2/c1-25-22(27(23,24)18-7-3-2-4-8-18)14-15-9-10-16(12-19(15)20)21-13-17-6-5-11-26-17/h2-13H,14H2,1H3. The molecule has 27 heavy (non-hydrogen) atoms. The Morgan fingerprint density at radius 2 is 1.93 bits per heavy atom. The van der Waals surface area contributed by atoms with Crippen LogP contribution >= 0.6 is 22.9 Å². The summed E-state index contributed by atoms with van der Waals surface area (Å²) in [4.78, 5) is 10.7. The summed E-state index contributed by atoms with van der Waals surface area (Å²) < 4.78 is 26.3. The molecule has 3 rings (SSSR count). The summed E-state index contributed by atoms with van der Waals surface area (Å²) in [7, 11) is -2.48. The fraction of sp³-hybridized carbons (Fsp3) is 0.105. The summed E-state index contributed by atoms with van der Waals surface area (Å²) in [6.45, 7) is -0.0124. The summed E-state index contributed by atoms with van der Waals surface area (Å²) in [5, 5.41) is 2.39. The fourth-order valence-electron chi connectivity index (χ4n) is 2.34. The molecule has 1 heterocycles. The monoisotopic (exact) mass is 420 g/mol. The van der Waals surface area contributed by atoms with Crippen molar-refractivity contribution in [3.8, 4) is 0 Å². The zero-order valence-corrected chi connectivity index (χ0v) is 16.8. The van der Waals surface area contributed by atoms with Gasteiger partial charge < -0.3 is 0 Å². The number of aliphatic imine (C=N–C) groups is 1. The van der Waals surface area contributed by atoms with Crippen LogP contribution in [-0.4, -0.2) is 26.2 Å². The molecule has 3 aromatic rings. The first kappa shape index (κ1) is 19.7. The molecule has 0 spiro atoms. The molecule has 0 amide bonds. The second kappa shape index (κ2) is 8.77.